The summed E-state index contributed by atoms with van der Waals surface area (Å²) >= 11 is 1.33. The number of benzene rings is 2. The van der Waals surface area contributed by atoms with Crippen LogP contribution in [0.1, 0.15) is 30.9 Å². The first kappa shape index (κ1) is 24.5. The molecule has 0 radical (unpaired) electrons. The van der Waals surface area contributed by atoms with Gasteiger partial charge in [-0.2, -0.15) is 0 Å². The third-order valence-electron chi connectivity index (χ3n) is 5.35. The van der Waals surface area contributed by atoms with E-state index in [9.17, 15) is 19.7 Å². The van der Waals surface area contributed by atoms with Gasteiger partial charge >= 0.3 is 5.97 Å². The Balaban J connectivity index is 1.72. The summed E-state index contributed by atoms with van der Waals surface area (Å²) in [6, 6.07) is 12.3. The molecule has 0 bridgehead atoms. The monoisotopic (exact) mass is 469 g/mol. The summed E-state index contributed by atoms with van der Waals surface area (Å²) in [5, 5.41) is 14.7. The fourth-order valence-corrected chi connectivity index (χ4v) is 4.34. The number of amides is 1. The minimum Gasteiger partial charge on any atom is -0.468 e. The fourth-order valence-electron chi connectivity index (χ4n) is 3.44. The minimum absolute atomic E-state index is 0.0181. The van der Waals surface area contributed by atoms with Gasteiger partial charge in [0.05, 0.1) is 16.9 Å². The van der Waals surface area contributed by atoms with E-state index in [1.54, 1.807) is 23.1 Å². The molecule has 1 aliphatic heterocycles. The molecule has 1 fully saturated rings. The molecule has 33 heavy (non-hydrogen) atoms. The maximum Gasteiger partial charge on any atom is 0.324 e. The Labute approximate surface area is 197 Å². The zero-order valence-corrected chi connectivity index (χ0v) is 19.6. The molecule has 1 aliphatic rings. The van der Waals surface area contributed by atoms with Crippen LogP contribution in [-0.2, 0) is 14.3 Å². The Morgan fingerprint density at radius 1 is 1.24 bits per heavy atom. The van der Waals surface area contributed by atoms with Crippen molar-refractivity contribution in [3.63, 3.8) is 0 Å². The van der Waals surface area contributed by atoms with E-state index in [1.165, 1.54) is 36.6 Å². The molecule has 8 nitrogen and oxygen atoms in total. The molecule has 1 atom stereocenters. The first-order chi connectivity index (χ1) is 15.8. The van der Waals surface area contributed by atoms with Crippen LogP contribution in [0.15, 0.2) is 58.3 Å². The first-order valence-corrected chi connectivity index (χ1v) is 11.4. The molecule has 1 amide bonds. The van der Waals surface area contributed by atoms with E-state index in [1.807, 2.05) is 24.3 Å². The molecule has 174 valence electrons. The molecule has 3 rings (SSSR count). The summed E-state index contributed by atoms with van der Waals surface area (Å²) in [5.74, 6) is -0.268. The Morgan fingerprint density at radius 2 is 1.97 bits per heavy atom. The van der Waals surface area contributed by atoms with Gasteiger partial charge in [0.2, 0.25) is 5.91 Å². The van der Waals surface area contributed by atoms with Crippen LogP contribution < -0.4 is 5.32 Å². The highest BCUT2D eigenvalue weighted by atomic mass is 32.2. The molecule has 1 N–H and O–H groups in total. The highest BCUT2D eigenvalue weighted by Crippen LogP contribution is 2.36. The zero-order valence-electron chi connectivity index (χ0n) is 18.8. The van der Waals surface area contributed by atoms with Gasteiger partial charge in [-0.25, -0.2) is 0 Å². The van der Waals surface area contributed by atoms with E-state index in [4.69, 9.17) is 4.74 Å². The summed E-state index contributed by atoms with van der Waals surface area (Å²) in [6.07, 6.45) is 2.92. The zero-order chi connectivity index (χ0) is 24.0. The predicted octanol–water partition coefficient (Wildman–Crippen LogP) is 3.86. The number of nitro benzene ring substituents is 1. The van der Waals surface area contributed by atoms with Crippen molar-refractivity contribution in [1.29, 1.82) is 0 Å². The Morgan fingerprint density at radius 3 is 2.61 bits per heavy atom. The van der Waals surface area contributed by atoms with Gasteiger partial charge in [0.15, 0.2) is 0 Å². The summed E-state index contributed by atoms with van der Waals surface area (Å²) in [7, 11) is 1.31. The van der Waals surface area contributed by atoms with Crippen molar-refractivity contribution >= 4 is 35.4 Å². The molecular formula is C24H27N3O5S. The molecule has 1 saturated heterocycles. The van der Waals surface area contributed by atoms with Gasteiger partial charge in [-0.3, -0.25) is 19.7 Å². The maximum absolute atomic E-state index is 12.6. The van der Waals surface area contributed by atoms with Crippen LogP contribution in [0.4, 0.5) is 5.69 Å². The standard InChI is InChI=1S/C24H27N3O5S/c1-16(2)18-6-8-19(9-7-18)33-22-10-4-17(14-21(22)27(30)31)5-11-23(28)26-13-12-25-20(15-26)24(29)32-3/h4-11,14,16,20,25H,12-13,15H2,1-3H3/b11-5+. The van der Waals surface area contributed by atoms with Crippen molar-refractivity contribution in [2.24, 2.45) is 0 Å². The van der Waals surface area contributed by atoms with Crippen molar-refractivity contribution in [1.82, 2.24) is 10.2 Å². The number of nitrogens with zero attached hydrogens (tertiary/aromatic N) is 2. The van der Waals surface area contributed by atoms with Crippen molar-refractivity contribution < 1.29 is 19.2 Å². The van der Waals surface area contributed by atoms with Gasteiger partial charge in [0, 0.05) is 36.7 Å². The molecule has 0 saturated carbocycles. The summed E-state index contributed by atoms with van der Waals surface area (Å²) in [5.41, 5.74) is 1.74. The van der Waals surface area contributed by atoms with Gasteiger partial charge in [-0.1, -0.05) is 43.8 Å². The Kier molecular flexibility index (Phi) is 8.24. The molecule has 0 spiro atoms. The van der Waals surface area contributed by atoms with E-state index in [2.05, 4.69) is 19.2 Å². The van der Waals surface area contributed by atoms with Gasteiger partial charge in [0.25, 0.3) is 5.69 Å². The van der Waals surface area contributed by atoms with Crippen LogP contribution in [0.5, 0.6) is 0 Å². The second-order valence-corrected chi connectivity index (χ2v) is 9.07. The van der Waals surface area contributed by atoms with E-state index in [0.717, 1.165) is 4.90 Å². The number of hydrogen-bond donors (Lipinski definition) is 1. The number of rotatable bonds is 7. The third-order valence-corrected chi connectivity index (χ3v) is 6.42. The maximum atomic E-state index is 12.6. The highest BCUT2D eigenvalue weighted by molar-refractivity contribution is 7.99. The second-order valence-electron chi connectivity index (χ2n) is 7.96. The molecule has 2 aromatic rings. The molecule has 1 unspecified atom stereocenters. The number of hydrogen-bond acceptors (Lipinski definition) is 7. The van der Waals surface area contributed by atoms with Crippen LogP contribution in [0.3, 0.4) is 0 Å². The SMILES string of the molecule is COC(=O)C1CN(C(=O)/C=C/c2ccc(Sc3ccc(C(C)C)cc3)c([N+](=O)[O-])c2)CCN1. The summed E-state index contributed by atoms with van der Waals surface area (Å²) in [6.45, 7) is 5.38. The van der Waals surface area contributed by atoms with Crippen LogP contribution in [0.25, 0.3) is 6.08 Å². The average Bonchev–Trinajstić information content (AvgIpc) is 2.82. The number of esters is 1. The van der Waals surface area contributed by atoms with Crippen LogP contribution in [0.2, 0.25) is 0 Å². The van der Waals surface area contributed by atoms with Crippen molar-refractivity contribution in [2.75, 3.05) is 26.7 Å². The minimum atomic E-state index is -0.562. The summed E-state index contributed by atoms with van der Waals surface area (Å²) in [4.78, 5) is 38.5. The first-order valence-electron chi connectivity index (χ1n) is 10.6. The predicted molar refractivity (Wildman–Crippen MR) is 127 cm³/mol. The molecule has 1 heterocycles. The Hall–Kier alpha value is -3.17. The number of methoxy groups -OCH3 is 1. The topological polar surface area (TPSA) is 102 Å². The number of carbonyl (C=O) groups excluding carboxylic acids is 2. The van der Waals surface area contributed by atoms with Gasteiger partial charge < -0.3 is 15.0 Å². The molecular weight excluding hydrogens is 442 g/mol. The van der Waals surface area contributed by atoms with Gasteiger partial charge in [-0.15, -0.1) is 0 Å². The lowest BCUT2D eigenvalue weighted by Crippen LogP contribution is -2.55. The molecule has 2 aromatic carbocycles. The smallest absolute Gasteiger partial charge is 0.324 e. The second kappa shape index (κ2) is 11.1. The fraction of sp³-hybridized carbons (Fsp3) is 0.333. The van der Waals surface area contributed by atoms with Crippen molar-refractivity contribution in [3.8, 4) is 0 Å². The van der Waals surface area contributed by atoms with Gasteiger partial charge in [-0.05, 0) is 41.3 Å². The highest BCUT2D eigenvalue weighted by Gasteiger charge is 2.27. The van der Waals surface area contributed by atoms with E-state index < -0.39 is 16.9 Å². The molecule has 0 aliphatic carbocycles. The van der Waals surface area contributed by atoms with E-state index in [-0.39, 0.29) is 18.1 Å². The average molecular weight is 470 g/mol. The number of nitro groups is 1. The Bertz CT molecular complexity index is 1050. The van der Waals surface area contributed by atoms with Crippen LogP contribution >= 0.6 is 11.8 Å². The number of carbonyl (C=O) groups is 2. The van der Waals surface area contributed by atoms with Crippen molar-refractivity contribution in [3.05, 3.63) is 69.8 Å². The normalized spacial score (nSPS) is 16.2. The lowest BCUT2D eigenvalue weighted by atomic mass is 10.0. The molecule has 9 heteroatoms. The quantitative estimate of drug-likeness (QED) is 0.284. The number of nitrogens with one attached hydrogen (secondary N) is 1. The van der Waals surface area contributed by atoms with E-state index >= 15 is 0 Å². The van der Waals surface area contributed by atoms with Gasteiger partial charge in [0.1, 0.15) is 6.04 Å². The molecule has 0 aromatic heterocycles. The van der Waals surface area contributed by atoms with E-state index in [0.29, 0.717) is 29.5 Å². The summed E-state index contributed by atoms with van der Waals surface area (Å²) < 4.78 is 4.73. The largest absolute Gasteiger partial charge is 0.468 e. The van der Waals surface area contributed by atoms with Crippen LogP contribution in [0, 0.1) is 10.1 Å². The lowest BCUT2D eigenvalue weighted by Gasteiger charge is -2.31. The van der Waals surface area contributed by atoms with Crippen LogP contribution in [-0.4, -0.2) is 54.5 Å². The van der Waals surface area contributed by atoms with Crippen molar-refractivity contribution in [2.45, 2.75) is 35.6 Å². The number of piperazine rings is 1. The third kappa shape index (κ3) is 6.43. The lowest BCUT2D eigenvalue weighted by molar-refractivity contribution is -0.387. The number of ether oxygens (including phenoxy) is 1.